The van der Waals surface area contributed by atoms with Gasteiger partial charge in [-0.3, -0.25) is 4.99 Å². The molecule has 1 unspecified atom stereocenters. The average Bonchev–Trinajstić information content (AvgIpc) is 3.39. The summed E-state index contributed by atoms with van der Waals surface area (Å²) >= 11 is 0. The lowest BCUT2D eigenvalue weighted by Gasteiger charge is -2.43. The Bertz CT molecular complexity index is 1290. The summed E-state index contributed by atoms with van der Waals surface area (Å²) in [7, 11) is 0. The molecule has 3 nitrogen and oxygen atoms in total. The molecule has 0 fully saturated rings. The molecular weight excluding hydrogens is 437 g/mol. The molecule has 0 saturated heterocycles. The number of aliphatic imine (C=N–C) groups is 1. The first kappa shape index (κ1) is 24.9. The zero-order valence-electron chi connectivity index (χ0n) is 24.1. The van der Waals surface area contributed by atoms with Crippen molar-refractivity contribution in [3.63, 3.8) is 0 Å². The second kappa shape index (κ2) is 7.87. The maximum Gasteiger partial charge on any atom is 0.397 e. The highest BCUT2D eigenvalue weighted by molar-refractivity contribution is 6.77. The Hall–Kier alpha value is -2.75. The second-order valence-corrected chi connectivity index (χ2v) is 14.0. The predicted molar refractivity (Wildman–Crippen MR) is 158 cm³/mol. The van der Waals surface area contributed by atoms with Crippen molar-refractivity contribution >= 4 is 24.1 Å². The highest BCUT2D eigenvalue weighted by Gasteiger charge is 2.50. The first-order valence-corrected chi connectivity index (χ1v) is 13.4. The van der Waals surface area contributed by atoms with Gasteiger partial charge in [0.25, 0.3) is 0 Å². The number of allylic oxidation sites excluding steroid dienone is 1. The summed E-state index contributed by atoms with van der Waals surface area (Å²) in [5.41, 5.74) is 12.1. The number of rotatable bonds is 1. The molecule has 188 valence electrons. The molecule has 3 aliphatic heterocycles. The number of aryl methyl sites for hydroxylation is 2. The van der Waals surface area contributed by atoms with Crippen LogP contribution in [0.5, 0.6) is 0 Å². The van der Waals surface area contributed by atoms with Crippen molar-refractivity contribution in [1.82, 2.24) is 0 Å². The summed E-state index contributed by atoms with van der Waals surface area (Å²) in [5, 5.41) is 0. The van der Waals surface area contributed by atoms with Gasteiger partial charge in [-0.05, 0) is 57.9 Å². The fourth-order valence-electron chi connectivity index (χ4n) is 6.02. The first-order chi connectivity index (χ1) is 16.6. The van der Waals surface area contributed by atoms with Crippen LogP contribution in [0.15, 0.2) is 53.9 Å². The van der Waals surface area contributed by atoms with E-state index in [9.17, 15) is 0 Å². The van der Waals surface area contributed by atoms with E-state index in [1.165, 1.54) is 50.5 Å². The van der Waals surface area contributed by atoms with Crippen molar-refractivity contribution < 1.29 is 0 Å². The number of benzene rings is 2. The van der Waals surface area contributed by atoms with Gasteiger partial charge in [0.15, 0.2) is 0 Å². The smallest absolute Gasteiger partial charge is 0.369 e. The molecule has 1 atom stereocenters. The standard InChI is InChI=1S/C32H42BN3/c1-20-12-13-21(2)28-26(20)27-25(14-15-34-27)33-35(28)16-17-36(33)29-23(31(6,7)8)18-22(30(3,4)5)19-24(29)32(9,10)11/h12-19,25H,1-11H3. The minimum absolute atomic E-state index is 0.000628. The highest BCUT2D eigenvalue weighted by atomic mass is 15.3. The zero-order valence-corrected chi connectivity index (χ0v) is 24.1. The Labute approximate surface area is 219 Å². The van der Waals surface area contributed by atoms with E-state index in [1.807, 2.05) is 6.20 Å². The normalized spacial score (nSPS) is 19.0. The molecule has 4 heteroatoms. The molecule has 0 spiro atoms. The third-order valence-corrected chi connectivity index (χ3v) is 8.05. The quantitative estimate of drug-likeness (QED) is 0.384. The van der Waals surface area contributed by atoms with E-state index in [2.05, 4.69) is 129 Å². The third kappa shape index (κ3) is 3.76. The first-order valence-electron chi connectivity index (χ1n) is 13.4. The molecule has 3 aliphatic rings. The van der Waals surface area contributed by atoms with Crippen LogP contribution in [-0.4, -0.2) is 12.7 Å². The number of anilines is 2. The summed E-state index contributed by atoms with van der Waals surface area (Å²) in [6, 6.07) is 9.45. The van der Waals surface area contributed by atoms with Crippen LogP contribution in [0.4, 0.5) is 11.4 Å². The SMILES string of the molecule is Cc1ccc(C)c2c1C1=NC=CC1B1N(c3c(C(C)(C)C)cc(C(C)(C)C)cc3C(C)(C)C)C=CN12. The molecule has 0 aliphatic carbocycles. The lowest BCUT2D eigenvalue weighted by atomic mass is 9.53. The van der Waals surface area contributed by atoms with E-state index >= 15 is 0 Å². The molecule has 0 bridgehead atoms. The molecule has 0 saturated carbocycles. The van der Waals surface area contributed by atoms with Crippen molar-refractivity contribution in [2.24, 2.45) is 4.99 Å². The van der Waals surface area contributed by atoms with Crippen molar-refractivity contribution in [2.45, 2.75) is 98.2 Å². The molecule has 0 N–H and O–H groups in total. The number of hydrogen-bond donors (Lipinski definition) is 0. The minimum atomic E-state index is -0.000628. The van der Waals surface area contributed by atoms with Crippen LogP contribution >= 0.6 is 0 Å². The Morgan fingerprint density at radius 1 is 0.722 bits per heavy atom. The minimum Gasteiger partial charge on any atom is -0.369 e. The van der Waals surface area contributed by atoms with Gasteiger partial charge in [0.05, 0.1) is 5.71 Å². The molecule has 2 aromatic carbocycles. The van der Waals surface area contributed by atoms with Gasteiger partial charge >= 0.3 is 6.98 Å². The van der Waals surface area contributed by atoms with Crippen LogP contribution in [0.25, 0.3) is 0 Å². The van der Waals surface area contributed by atoms with E-state index in [0.29, 0.717) is 0 Å². The maximum absolute atomic E-state index is 4.93. The summed E-state index contributed by atoms with van der Waals surface area (Å²) < 4.78 is 0. The fraction of sp³-hybridized carbons (Fsp3) is 0.469. The summed E-state index contributed by atoms with van der Waals surface area (Å²) in [6.07, 6.45) is 8.94. The van der Waals surface area contributed by atoms with E-state index < -0.39 is 0 Å². The molecule has 5 rings (SSSR count). The molecule has 0 radical (unpaired) electrons. The summed E-state index contributed by atoms with van der Waals surface area (Å²) in [5.74, 6) is 0.218. The monoisotopic (exact) mass is 479 g/mol. The van der Waals surface area contributed by atoms with Gasteiger partial charge in [-0.15, -0.1) is 0 Å². The summed E-state index contributed by atoms with van der Waals surface area (Å²) in [4.78, 5) is 10.0. The van der Waals surface area contributed by atoms with Gasteiger partial charge < -0.3 is 9.62 Å². The summed E-state index contributed by atoms with van der Waals surface area (Å²) in [6.45, 7) is 25.7. The Morgan fingerprint density at radius 2 is 1.25 bits per heavy atom. The number of fused-ring (bicyclic) bond motifs is 6. The van der Waals surface area contributed by atoms with E-state index in [1.54, 1.807) is 0 Å². The van der Waals surface area contributed by atoms with Crippen LogP contribution in [0.2, 0.25) is 5.82 Å². The van der Waals surface area contributed by atoms with Gasteiger partial charge in [0.1, 0.15) is 0 Å². The highest BCUT2D eigenvalue weighted by Crippen LogP contribution is 2.50. The molecular formula is C32H42BN3. The number of nitrogens with zero attached hydrogens (tertiary/aromatic N) is 3. The van der Waals surface area contributed by atoms with Crippen molar-refractivity contribution in [1.29, 1.82) is 0 Å². The Balaban J connectivity index is 1.78. The van der Waals surface area contributed by atoms with Crippen molar-refractivity contribution in [3.05, 3.63) is 82.3 Å². The van der Waals surface area contributed by atoms with Gasteiger partial charge in [-0.25, -0.2) is 0 Å². The topological polar surface area (TPSA) is 18.8 Å². The zero-order chi connectivity index (χ0) is 26.4. The molecule has 36 heavy (non-hydrogen) atoms. The average molecular weight is 480 g/mol. The lowest BCUT2D eigenvalue weighted by Crippen LogP contribution is -2.53. The largest absolute Gasteiger partial charge is 0.397 e. The van der Waals surface area contributed by atoms with Gasteiger partial charge in [-0.1, -0.05) is 92.7 Å². The maximum atomic E-state index is 4.93. The van der Waals surface area contributed by atoms with Crippen molar-refractivity contribution in [3.8, 4) is 0 Å². The van der Waals surface area contributed by atoms with Gasteiger partial charge in [-0.2, -0.15) is 0 Å². The third-order valence-electron chi connectivity index (χ3n) is 8.05. The fourth-order valence-corrected chi connectivity index (χ4v) is 6.02. The lowest BCUT2D eigenvalue weighted by molar-refractivity contribution is 0.550. The van der Waals surface area contributed by atoms with Crippen LogP contribution in [-0.2, 0) is 16.2 Å². The van der Waals surface area contributed by atoms with E-state index in [4.69, 9.17) is 4.99 Å². The Morgan fingerprint density at radius 3 is 1.78 bits per heavy atom. The van der Waals surface area contributed by atoms with E-state index in [0.717, 1.165) is 0 Å². The van der Waals surface area contributed by atoms with Crippen LogP contribution in [0.1, 0.15) is 95.7 Å². The van der Waals surface area contributed by atoms with E-state index in [-0.39, 0.29) is 29.0 Å². The van der Waals surface area contributed by atoms with Gasteiger partial charge in [0, 0.05) is 41.4 Å². The predicted octanol–water partition coefficient (Wildman–Crippen LogP) is 8.18. The molecule has 2 aromatic rings. The number of hydrogen-bond acceptors (Lipinski definition) is 3. The van der Waals surface area contributed by atoms with Gasteiger partial charge in [0.2, 0.25) is 0 Å². The van der Waals surface area contributed by atoms with Crippen LogP contribution < -0.4 is 9.62 Å². The molecule has 0 amide bonds. The van der Waals surface area contributed by atoms with Crippen LogP contribution in [0, 0.1) is 13.8 Å². The van der Waals surface area contributed by atoms with Crippen LogP contribution in [0.3, 0.4) is 0 Å². The Kier molecular flexibility index (Phi) is 5.45. The second-order valence-electron chi connectivity index (χ2n) is 14.0. The molecule has 3 heterocycles. The molecule has 0 aromatic heterocycles. The van der Waals surface area contributed by atoms with Crippen molar-refractivity contribution in [2.75, 3.05) is 9.62 Å².